The van der Waals surface area contributed by atoms with Gasteiger partial charge in [-0.15, -0.1) is 0 Å². The predicted octanol–water partition coefficient (Wildman–Crippen LogP) is 6.19. The fraction of sp³-hybridized carbons (Fsp3) is 0.179. The van der Waals surface area contributed by atoms with Crippen molar-refractivity contribution in [2.24, 2.45) is 0 Å². The van der Waals surface area contributed by atoms with Crippen LogP contribution in [-0.2, 0) is 6.54 Å². The van der Waals surface area contributed by atoms with Crippen LogP contribution in [0.5, 0.6) is 0 Å². The number of urea groups is 1. The summed E-state index contributed by atoms with van der Waals surface area (Å²) in [5, 5.41) is 7.22. The standard InChI is InChI=1S/C28H25FN4O2/c1-17-10-12-21(13-11-17)25-24(27-31-26(32-35-27)22-8-5-9-23(29)15-22)19(3)33(28(34)30-25)16-20-7-4-6-18(2)14-20/h4-15,25H,16H2,1-3H3,(H,30,34). The molecule has 1 aliphatic heterocycles. The number of nitrogens with zero attached hydrogens (tertiary/aromatic N) is 3. The van der Waals surface area contributed by atoms with E-state index in [0.717, 1.165) is 28.0 Å². The smallest absolute Gasteiger partial charge is 0.322 e. The van der Waals surface area contributed by atoms with Crippen molar-refractivity contribution in [3.05, 3.63) is 112 Å². The third-order valence-electron chi connectivity index (χ3n) is 6.17. The van der Waals surface area contributed by atoms with Crippen molar-refractivity contribution in [2.75, 3.05) is 0 Å². The summed E-state index contributed by atoms with van der Waals surface area (Å²) in [7, 11) is 0. The highest BCUT2D eigenvalue weighted by Gasteiger charge is 2.35. The number of benzene rings is 3. The van der Waals surface area contributed by atoms with E-state index in [2.05, 4.69) is 21.5 Å². The highest BCUT2D eigenvalue weighted by Crippen LogP contribution is 2.38. The first-order valence-corrected chi connectivity index (χ1v) is 11.4. The number of aromatic nitrogens is 2. The van der Waals surface area contributed by atoms with Crippen LogP contribution in [-0.4, -0.2) is 21.1 Å². The van der Waals surface area contributed by atoms with E-state index in [9.17, 15) is 9.18 Å². The molecule has 4 aromatic rings. The first kappa shape index (κ1) is 22.5. The molecule has 3 aromatic carbocycles. The fourth-order valence-corrected chi connectivity index (χ4v) is 4.33. The topological polar surface area (TPSA) is 71.3 Å². The fourth-order valence-electron chi connectivity index (χ4n) is 4.33. The van der Waals surface area contributed by atoms with E-state index in [0.29, 0.717) is 17.7 Å². The number of hydrogen-bond donors (Lipinski definition) is 1. The molecule has 176 valence electrons. The second-order valence-electron chi connectivity index (χ2n) is 8.80. The quantitative estimate of drug-likeness (QED) is 0.379. The molecule has 0 bridgehead atoms. The predicted molar refractivity (Wildman–Crippen MR) is 131 cm³/mol. The van der Waals surface area contributed by atoms with Crippen molar-refractivity contribution < 1.29 is 13.7 Å². The molecule has 1 aromatic heterocycles. The maximum absolute atomic E-state index is 13.8. The first-order chi connectivity index (χ1) is 16.9. The lowest BCUT2D eigenvalue weighted by molar-refractivity contribution is 0.203. The summed E-state index contributed by atoms with van der Waals surface area (Å²) in [6, 6.07) is 21.4. The largest absolute Gasteiger partial charge is 0.334 e. The van der Waals surface area contributed by atoms with Gasteiger partial charge in [0.2, 0.25) is 5.82 Å². The van der Waals surface area contributed by atoms with Crippen molar-refractivity contribution in [1.82, 2.24) is 20.4 Å². The van der Waals surface area contributed by atoms with Crippen LogP contribution >= 0.6 is 0 Å². The maximum atomic E-state index is 13.8. The van der Waals surface area contributed by atoms with E-state index in [1.165, 1.54) is 12.1 Å². The van der Waals surface area contributed by atoms with E-state index in [-0.39, 0.29) is 23.6 Å². The molecule has 6 nitrogen and oxygen atoms in total. The minimum Gasteiger partial charge on any atom is -0.334 e. The molecule has 2 amide bonds. The molecule has 5 rings (SSSR count). The monoisotopic (exact) mass is 468 g/mol. The molecular weight excluding hydrogens is 443 g/mol. The Hall–Kier alpha value is -4.26. The Morgan fingerprint density at radius 3 is 2.49 bits per heavy atom. The summed E-state index contributed by atoms with van der Waals surface area (Å²) in [6.07, 6.45) is 0. The van der Waals surface area contributed by atoms with Crippen molar-refractivity contribution in [1.29, 1.82) is 0 Å². The van der Waals surface area contributed by atoms with Crippen LogP contribution in [0.3, 0.4) is 0 Å². The minimum absolute atomic E-state index is 0.205. The lowest BCUT2D eigenvalue weighted by atomic mass is 9.94. The van der Waals surface area contributed by atoms with Crippen LogP contribution in [0.1, 0.15) is 41.1 Å². The van der Waals surface area contributed by atoms with Gasteiger partial charge in [0.25, 0.3) is 5.89 Å². The van der Waals surface area contributed by atoms with Crippen molar-refractivity contribution >= 4 is 11.6 Å². The molecule has 1 atom stereocenters. The molecule has 1 N–H and O–H groups in total. The van der Waals surface area contributed by atoms with Gasteiger partial charge < -0.3 is 9.84 Å². The van der Waals surface area contributed by atoms with Crippen LogP contribution in [0.15, 0.2) is 83.0 Å². The zero-order valence-electron chi connectivity index (χ0n) is 19.7. The van der Waals surface area contributed by atoms with Crippen molar-refractivity contribution in [2.45, 2.75) is 33.4 Å². The summed E-state index contributed by atoms with van der Waals surface area (Å²) in [4.78, 5) is 19.5. The first-order valence-electron chi connectivity index (χ1n) is 11.4. The molecule has 1 aliphatic rings. The molecule has 0 fully saturated rings. The Morgan fingerprint density at radius 1 is 0.971 bits per heavy atom. The number of nitrogens with one attached hydrogen (secondary N) is 1. The molecule has 0 aliphatic carbocycles. The van der Waals surface area contributed by atoms with E-state index < -0.39 is 6.04 Å². The SMILES string of the molecule is CC1=C(c2nc(-c3cccc(F)c3)no2)C(c2ccc(C)cc2)NC(=O)N1Cc1cccc(C)c1. The van der Waals surface area contributed by atoms with Crippen LogP contribution in [0.4, 0.5) is 9.18 Å². The van der Waals surface area contributed by atoms with Crippen molar-refractivity contribution in [3.8, 4) is 11.4 Å². The minimum atomic E-state index is -0.474. The molecular formula is C28H25FN4O2. The van der Waals surface area contributed by atoms with Crippen LogP contribution in [0.2, 0.25) is 0 Å². The molecule has 35 heavy (non-hydrogen) atoms. The van der Waals surface area contributed by atoms with Crippen LogP contribution in [0.25, 0.3) is 17.0 Å². The summed E-state index contributed by atoms with van der Waals surface area (Å²) in [6.45, 7) is 6.32. The average molecular weight is 469 g/mol. The molecule has 1 unspecified atom stereocenters. The number of rotatable bonds is 5. The second-order valence-corrected chi connectivity index (χ2v) is 8.80. The maximum Gasteiger partial charge on any atom is 0.322 e. The lowest BCUT2D eigenvalue weighted by Gasteiger charge is -2.35. The number of aryl methyl sites for hydroxylation is 2. The second kappa shape index (κ2) is 9.18. The van der Waals surface area contributed by atoms with Gasteiger partial charge in [0.05, 0.1) is 18.2 Å². The van der Waals surface area contributed by atoms with Gasteiger partial charge in [0.1, 0.15) is 5.82 Å². The van der Waals surface area contributed by atoms with E-state index in [1.807, 2.05) is 63.2 Å². The number of allylic oxidation sites excluding steroid dienone is 1. The summed E-state index contributed by atoms with van der Waals surface area (Å²) in [5.74, 6) is 0.183. The zero-order valence-corrected chi connectivity index (χ0v) is 19.7. The zero-order chi connectivity index (χ0) is 24.5. The normalized spacial score (nSPS) is 15.9. The molecule has 0 spiro atoms. The Labute approximate surface area is 203 Å². The van der Waals surface area contributed by atoms with Gasteiger partial charge >= 0.3 is 6.03 Å². The van der Waals surface area contributed by atoms with Gasteiger partial charge in [-0.05, 0) is 44.0 Å². The molecule has 7 heteroatoms. The van der Waals surface area contributed by atoms with E-state index in [1.54, 1.807) is 17.0 Å². The van der Waals surface area contributed by atoms with Crippen LogP contribution in [0, 0.1) is 19.7 Å². The number of carbonyl (C=O) groups is 1. The number of amides is 2. The number of halogens is 1. The summed E-state index contributed by atoms with van der Waals surface area (Å²) < 4.78 is 19.5. The number of hydrogen-bond acceptors (Lipinski definition) is 4. The van der Waals surface area contributed by atoms with Gasteiger partial charge in [-0.3, -0.25) is 4.90 Å². The lowest BCUT2D eigenvalue weighted by Crippen LogP contribution is -2.45. The third-order valence-corrected chi connectivity index (χ3v) is 6.17. The highest BCUT2D eigenvalue weighted by molar-refractivity contribution is 5.86. The molecule has 0 saturated carbocycles. The Kier molecular flexibility index (Phi) is 5.91. The summed E-state index contributed by atoms with van der Waals surface area (Å²) >= 11 is 0. The molecule has 0 saturated heterocycles. The highest BCUT2D eigenvalue weighted by atomic mass is 19.1. The van der Waals surface area contributed by atoms with Gasteiger partial charge in [0.15, 0.2) is 0 Å². The average Bonchev–Trinajstić information content (AvgIpc) is 3.32. The van der Waals surface area contributed by atoms with E-state index >= 15 is 0 Å². The Balaban J connectivity index is 1.60. The third kappa shape index (κ3) is 4.57. The van der Waals surface area contributed by atoms with Crippen LogP contribution < -0.4 is 5.32 Å². The number of carbonyl (C=O) groups excluding carboxylic acids is 1. The summed E-state index contributed by atoms with van der Waals surface area (Å²) in [5.41, 5.74) is 6.09. The van der Waals surface area contributed by atoms with Gasteiger partial charge in [0, 0.05) is 11.3 Å². The van der Waals surface area contributed by atoms with Crippen molar-refractivity contribution in [3.63, 3.8) is 0 Å². The molecule has 0 radical (unpaired) electrons. The van der Waals surface area contributed by atoms with Gasteiger partial charge in [-0.25, -0.2) is 9.18 Å². The Morgan fingerprint density at radius 2 is 1.74 bits per heavy atom. The van der Waals surface area contributed by atoms with Gasteiger partial charge in [-0.1, -0.05) is 76.9 Å². The van der Waals surface area contributed by atoms with Gasteiger partial charge in [-0.2, -0.15) is 4.98 Å². The Bertz CT molecular complexity index is 1420. The molecule has 2 heterocycles. The van der Waals surface area contributed by atoms with E-state index in [4.69, 9.17) is 4.52 Å².